The van der Waals surface area contributed by atoms with E-state index < -0.39 is 15.9 Å². The Hall–Kier alpha value is -3.56. The molecule has 0 atom stereocenters. The van der Waals surface area contributed by atoms with Gasteiger partial charge < -0.3 is 9.84 Å². The van der Waals surface area contributed by atoms with Gasteiger partial charge in [0, 0.05) is 16.3 Å². The molecule has 0 aromatic heterocycles. The zero-order valence-corrected chi connectivity index (χ0v) is 17.8. The van der Waals surface area contributed by atoms with Crippen LogP contribution in [0.3, 0.4) is 0 Å². The van der Waals surface area contributed by atoms with Gasteiger partial charge in [0.1, 0.15) is 0 Å². The van der Waals surface area contributed by atoms with Crippen LogP contribution in [0, 0.1) is 0 Å². The van der Waals surface area contributed by atoms with E-state index in [4.69, 9.17) is 16.3 Å². The van der Waals surface area contributed by atoms with Crippen LogP contribution in [0.2, 0.25) is 5.02 Å². The fraction of sp³-hybridized carbons (Fsp3) is 0.0476. The van der Waals surface area contributed by atoms with E-state index in [9.17, 15) is 18.3 Å². The molecule has 8 nitrogen and oxygen atoms in total. The maximum Gasteiger partial charge on any atom is 0.271 e. The van der Waals surface area contributed by atoms with Gasteiger partial charge in [-0.1, -0.05) is 11.6 Å². The number of carbonyl (C=O) groups is 1. The molecule has 160 valence electrons. The van der Waals surface area contributed by atoms with Crippen LogP contribution in [0.25, 0.3) is 0 Å². The Labute approximate surface area is 184 Å². The molecular weight excluding hydrogens is 442 g/mol. The van der Waals surface area contributed by atoms with Gasteiger partial charge in [0.25, 0.3) is 15.9 Å². The van der Waals surface area contributed by atoms with Crippen LogP contribution in [0.1, 0.15) is 15.9 Å². The summed E-state index contributed by atoms with van der Waals surface area (Å²) >= 11 is 5.78. The van der Waals surface area contributed by atoms with Gasteiger partial charge in [0.2, 0.25) is 0 Å². The highest BCUT2D eigenvalue weighted by atomic mass is 35.5. The van der Waals surface area contributed by atoms with Gasteiger partial charge in [-0.05, 0) is 72.3 Å². The number of sulfonamides is 1. The summed E-state index contributed by atoms with van der Waals surface area (Å²) in [7, 11) is -2.35. The van der Waals surface area contributed by atoms with E-state index in [0.717, 1.165) is 0 Å². The van der Waals surface area contributed by atoms with Crippen molar-refractivity contribution < 1.29 is 23.1 Å². The zero-order valence-electron chi connectivity index (χ0n) is 16.2. The molecule has 0 radical (unpaired) electrons. The highest BCUT2D eigenvalue weighted by molar-refractivity contribution is 7.92. The van der Waals surface area contributed by atoms with Crippen molar-refractivity contribution in [2.45, 2.75) is 4.90 Å². The molecular formula is C21H18ClN3O5S. The van der Waals surface area contributed by atoms with Gasteiger partial charge in [-0.25, -0.2) is 13.8 Å². The molecule has 0 bridgehead atoms. The number of hydrogen-bond acceptors (Lipinski definition) is 6. The zero-order chi connectivity index (χ0) is 22.4. The fourth-order valence-electron chi connectivity index (χ4n) is 2.52. The molecule has 3 rings (SSSR count). The highest BCUT2D eigenvalue weighted by Crippen LogP contribution is 2.25. The normalized spacial score (nSPS) is 11.3. The SMILES string of the molecule is COc1cc(/C=N/NC(=O)c2ccc(NS(=O)(=O)c3ccc(Cl)cc3)cc2)ccc1O. The van der Waals surface area contributed by atoms with E-state index >= 15 is 0 Å². The lowest BCUT2D eigenvalue weighted by Gasteiger charge is -2.09. The van der Waals surface area contributed by atoms with Crippen LogP contribution in [0.5, 0.6) is 11.5 Å². The van der Waals surface area contributed by atoms with Crippen LogP contribution in [0.15, 0.2) is 76.7 Å². The first-order chi connectivity index (χ1) is 14.8. The van der Waals surface area contributed by atoms with Crippen LogP contribution in [-0.2, 0) is 10.0 Å². The predicted molar refractivity (Wildman–Crippen MR) is 118 cm³/mol. The van der Waals surface area contributed by atoms with Gasteiger partial charge in [-0.2, -0.15) is 5.10 Å². The van der Waals surface area contributed by atoms with E-state index in [1.54, 1.807) is 12.1 Å². The smallest absolute Gasteiger partial charge is 0.271 e. The minimum Gasteiger partial charge on any atom is -0.504 e. The second-order valence-corrected chi connectivity index (χ2v) is 8.39. The Balaban J connectivity index is 1.63. The molecule has 1 amide bonds. The molecule has 31 heavy (non-hydrogen) atoms. The lowest BCUT2D eigenvalue weighted by atomic mass is 10.2. The Bertz CT molecular complexity index is 1210. The number of rotatable bonds is 7. The van der Waals surface area contributed by atoms with Crippen molar-refractivity contribution in [1.29, 1.82) is 0 Å². The molecule has 3 aromatic carbocycles. The number of nitrogens with one attached hydrogen (secondary N) is 2. The number of ether oxygens (including phenoxy) is 1. The highest BCUT2D eigenvalue weighted by Gasteiger charge is 2.14. The van der Waals surface area contributed by atoms with E-state index in [0.29, 0.717) is 16.3 Å². The monoisotopic (exact) mass is 459 g/mol. The van der Waals surface area contributed by atoms with Crippen LogP contribution >= 0.6 is 11.6 Å². The van der Waals surface area contributed by atoms with Gasteiger partial charge in [0.05, 0.1) is 18.2 Å². The molecule has 0 saturated carbocycles. The standard InChI is InChI=1S/C21H18ClN3O5S/c1-30-20-12-14(2-11-19(20)26)13-23-24-21(27)15-3-7-17(8-4-15)25-31(28,29)18-9-5-16(22)6-10-18/h2-13,25-26H,1H3,(H,24,27)/b23-13+. The lowest BCUT2D eigenvalue weighted by Crippen LogP contribution is -2.18. The quantitative estimate of drug-likeness (QED) is 0.368. The molecule has 0 aliphatic carbocycles. The third-order valence-corrected chi connectivity index (χ3v) is 5.76. The van der Waals surface area contributed by atoms with Crippen molar-refractivity contribution in [3.63, 3.8) is 0 Å². The second kappa shape index (κ2) is 9.50. The maximum atomic E-state index is 12.4. The third-order valence-electron chi connectivity index (χ3n) is 4.11. The second-order valence-electron chi connectivity index (χ2n) is 6.27. The number of aromatic hydroxyl groups is 1. The van der Waals surface area contributed by atoms with E-state index in [1.165, 1.54) is 67.9 Å². The number of hydrazone groups is 1. The van der Waals surface area contributed by atoms with E-state index in [-0.39, 0.29) is 22.0 Å². The summed E-state index contributed by atoms with van der Waals surface area (Å²) in [6.45, 7) is 0. The van der Waals surface area contributed by atoms with E-state index in [2.05, 4.69) is 15.2 Å². The first kappa shape index (κ1) is 22.1. The van der Waals surface area contributed by atoms with Gasteiger partial charge in [-0.3, -0.25) is 9.52 Å². The van der Waals surface area contributed by atoms with Crippen molar-refractivity contribution in [2.24, 2.45) is 5.10 Å². The Morgan fingerprint density at radius 2 is 1.74 bits per heavy atom. The number of carbonyl (C=O) groups excluding carboxylic acids is 1. The molecule has 0 fully saturated rings. The molecule has 0 unspecified atom stereocenters. The van der Waals surface area contributed by atoms with Crippen LogP contribution < -0.4 is 14.9 Å². The average Bonchev–Trinajstić information content (AvgIpc) is 2.75. The molecule has 10 heteroatoms. The number of amides is 1. The largest absolute Gasteiger partial charge is 0.504 e. The van der Waals surface area contributed by atoms with E-state index in [1.807, 2.05) is 0 Å². The first-order valence-corrected chi connectivity index (χ1v) is 10.7. The van der Waals surface area contributed by atoms with Gasteiger partial charge in [0.15, 0.2) is 11.5 Å². The molecule has 0 aliphatic heterocycles. The number of phenols is 1. The van der Waals surface area contributed by atoms with Crippen molar-refractivity contribution in [3.8, 4) is 11.5 Å². The number of methoxy groups -OCH3 is 1. The number of nitrogens with zero attached hydrogens (tertiary/aromatic N) is 1. The Morgan fingerprint density at radius 3 is 2.39 bits per heavy atom. The number of halogens is 1. The molecule has 3 aromatic rings. The lowest BCUT2D eigenvalue weighted by molar-refractivity contribution is 0.0955. The molecule has 3 N–H and O–H groups in total. The number of hydrogen-bond donors (Lipinski definition) is 3. The molecule has 0 spiro atoms. The minimum atomic E-state index is -3.78. The number of phenolic OH excluding ortho intramolecular Hbond substituents is 1. The van der Waals surface area contributed by atoms with Gasteiger partial charge >= 0.3 is 0 Å². The topological polar surface area (TPSA) is 117 Å². The Morgan fingerprint density at radius 1 is 1.06 bits per heavy atom. The first-order valence-electron chi connectivity index (χ1n) is 8.87. The van der Waals surface area contributed by atoms with Crippen molar-refractivity contribution in [3.05, 3.63) is 82.9 Å². The van der Waals surface area contributed by atoms with Crippen LogP contribution in [-0.4, -0.2) is 32.8 Å². The summed E-state index contributed by atoms with van der Waals surface area (Å²) in [6, 6.07) is 16.3. The average molecular weight is 460 g/mol. The summed E-state index contributed by atoms with van der Waals surface area (Å²) in [5.74, 6) is -0.198. The summed E-state index contributed by atoms with van der Waals surface area (Å²) in [6.07, 6.45) is 1.40. The molecule has 0 aliphatic rings. The van der Waals surface area contributed by atoms with Crippen molar-refractivity contribution >= 4 is 39.4 Å². The van der Waals surface area contributed by atoms with Crippen molar-refractivity contribution in [2.75, 3.05) is 11.8 Å². The third kappa shape index (κ3) is 5.74. The maximum absolute atomic E-state index is 12.4. The summed E-state index contributed by atoms with van der Waals surface area (Å²) in [4.78, 5) is 12.3. The number of anilines is 1. The van der Waals surface area contributed by atoms with Crippen LogP contribution in [0.4, 0.5) is 5.69 Å². The molecule has 0 saturated heterocycles. The fourth-order valence-corrected chi connectivity index (χ4v) is 3.71. The summed E-state index contributed by atoms with van der Waals surface area (Å²) in [5, 5.41) is 13.9. The summed E-state index contributed by atoms with van der Waals surface area (Å²) < 4.78 is 32.2. The Kier molecular flexibility index (Phi) is 6.78. The predicted octanol–water partition coefficient (Wildman–Crippen LogP) is 3.62. The van der Waals surface area contributed by atoms with Crippen molar-refractivity contribution in [1.82, 2.24) is 5.43 Å². The van der Waals surface area contributed by atoms with Gasteiger partial charge in [-0.15, -0.1) is 0 Å². The molecule has 0 heterocycles. The summed E-state index contributed by atoms with van der Waals surface area (Å²) in [5.41, 5.74) is 3.57. The number of benzene rings is 3. The minimum absolute atomic E-state index is 0.00420.